The van der Waals surface area contributed by atoms with E-state index < -0.39 is 11.7 Å². The molecule has 0 saturated heterocycles. The van der Waals surface area contributed by atoms with Gasteiger partial charge in [-0.3, -0.25) is 4.79 Å². The van der Waals surface area contributed by atoms with E-state index in [1.54, 1.807) is 4.90 Å². The molecule has 0 heterocycles. The van der Waals surface area contributed by atoms with Crippen molar-refractivity contribution in [3.63, 3.8) is 0 Å². The Bertz CT molecular complexity index is 411. The highest BCUT2D eigenvalue weighted by atomic mass is 16.5. The highest BCUT2D eigenvalue weighted by molar-refractivity contribution is 5.82. The third-order valence-electron chi connectivity index (χ3n) is 2.86. The summed E-state index contributed by atoms with van der Waals surface area (Å²) in [6.07, 6.45) is -0.636. The van der Waals surface area contributed by atoms with Crippen molar-refractivity contribution in [1.82, 2.24) is 4.90 Å². The molecule has 4 nitrogen and oxygen atoms in total. The third-order valence-corrected chi connectivity index (χ3v) is 2.86. The lowest BCUT2D eigenvalue weighted by Gasteiger charge is -2.31. The first-order chi connectivity index (χ1) is 9.39. The number of likely N-dealkylation sites (N-methyl/N-ethyl adjacent to an activating group) is 1. The quantitative estimate of drug-likeness (QED) is 0.870. The van der Waals surface area contributed by atoms with E-state index in [0.29, 0.717) is 13.1 Å². The van der Waals surface area contributed by atoms with Crippen LogP contribution in [0.25, 0.3) is 0 Å². The lowest BCUT2D eigenvalue weighted by molar-refractivity contribution is -0.154. The Balaban J connectivity index is 3.01. The van der Waals surface area contributed by atoms with Gasteiger partial charge in [-0.1, -0.05) is 30.3 Å². The van der Waals surface area contributed by atoms with Crippen LogP contribution in [0.15, 0.2) is 30.3 Å². The second-order valence-electron chi connectivity index (χ2n) is 5.66. The average Bonchev–Trinajstić information content (AvgIpc) is 2.41. The summed E-state index contributed by atoms with van der Waals surface area (Å²) in [5.41, 5.74) is 0.415. The third kappa shape index (κ3) is 4.94. The molecule has 1 unspecified atom stereocenters. The minimum absolute atomic E-state index is 0.0450. The van der Waals surface area contributed by atoms with Gasteiger partial charge in [-0.2, -0.15) is 0 Å². The molecule has 1 rings (SSSR count). The topological polar surface area (TPSA) is 49.8 Å². The van der Waals surface area contributed by atoms with Crippen LogP contribution >= 0.6 is 0 Å². The number of hydrogen-bond acceptors (Lipinski definition) is 3. The van der Waals surface area contributed by atoms with Gasteiger partial charge in [0.2, 0.25) is 0 Å². The Morgan fingerprint density at radius 2 is 1.90 bits per heavy atom. The molecule has 0 radical (unpaired) electrons. The fourth-order valence-corrected chi connectivity index (χ4v) is 1.95. The molecule has 1 N–H and O–H groups in total. The molecule has 0 bridgehead atoms. The maximum Gasteiger partial charge on any atom is 0.256 e. The standard InChI is InChI=1S/C16H25NO3/c1-5-17(11-12-18)15(19)14(20-16(2,3)4)13-9-7-6-8-10-13/h6-10,14,18H,5,11-12H2,1-4H3. The number of aliphatic hydroxyl groups excluding tert-OH is 1. The summed E-state index contributed by atoms with van der Waals surface area (Å²) in [7, 11) is 0. The van der Waals surface area contributed by atoms with Gasteiger partial charge in [-0.05, 0) is 33.3 Å². The van der Waals surface area contributed by atoms with Crippen LogP contribution in [-0.4, -0.2) is 41.2 Å². The highest BCUT2D eigenvalue weighted by Crippen LogP contribution is 2.25. The number of rotatable bonds is 6. The number of benzene rings is 1. The number of amides is 1. The van der Waals surface area contributed by atoms with Gasteiger partial charge in [0.15, 0.2) is 6.10 Å². The molecule has 1 atom stereocenters. The smallest absolute Gasteiger partial charge is 0.256 e. The van der Waals surface area contributed by atoms with Crippen molar-refractivity contribution >= 4 is 5.91 Å². The molecule has 0 aromatic heterocycles. The Labute approximate surface area is 121 Å². The molecule has 20 heavy (non-hydrogen) atoms. The predicted octanol–water partition coefficient (Wildman–Crippen LogP) is 2.38. The molecule has 0 fully saturated rings. The van der Waals surface area contributed by atoms with Gasteiger partial charge in [0.1, 0.15) is 0 Å². The number of carbonyl (C=O) groups excluding carboxylic acids is 1. The van der Waals surface area contributed by atoms with Crippen molar-refractivity contribution in [2.75, 3.05) is 19.7 Å². The van der Waals surface area contributed by atoms with Crippen molar-refractivity contribution in [3.8, 4) is 0 Å². The van der Waals surface area contributed by atoms with Crippen LogP contribution in [0.3, 0.4) is 0 Å². The second kappa shape index (κ2) is 7.41. The van der Waals surface area contributed by atoms with E-state index in [9.17, 15) is 4.79 Å². The molecular weight excluding hydrogens is 254 g/mol. The zero-order valence-electron chi connectivity index (χ0n) is 12.8. The molecule has 1 amide bonds. The number of ether oxygens (including phenoxy) is 1. The van der Waals surface area contributed by atoms with Crippen LogP contribution in [0.2, 0.25) is 0 Å². The van der Waals surface area contributed by atoms with Crippen LogP contribution in [0.4, 0.5) is 0 Å². The largest absolute Gasteiger partial charge is 0.395 e. The zero-order valence-corrected chi connectivity index (χ0v) is 12.8. The lowest BCUT2D eigenvalue weighted by atomic mass is 10.1. The molecule has 0 saturated carbocycles. The summed E-state index contributed by atoms with van der Waals surface area (Å²) < 4.78 is 5.94. The molecule has 0 spiro atoms. The molecular formula is C16H25NO3. The number of hydrogen-bond donors (Lipinski definition) is 1. The molecule has 0 aliphatic carbocycles. The fraction of sp³-hybridized carbons (Fsp3) is 0.562. The predicted molar refractivity (Wildman–Crippen MR) is 79.4 cm³/mol. The molecule has 1 aromatic carbocycles. The van der Waals surface area contributed by atoms with Gasteiger partial charge >= 0.3 is 0 Å². The van der Waals surface area contributed by atoms with E-state index in [1.807, 2.05) is 58.0 Å². The van der Waals surface area contributed by atoms with Crippen LogP contribution in [0.5, 0.6) is 0 Å². The molecule has 112 valence electrons. The first-order valence-corrected chi connectivity index (χ1v) is 7.01. The van der Waals surface area contributed by atoms with Crippen LogP contribution < -0.4 is 0 Å². The van der Waals surface area contributed by atoms with Gasteiger partial charge in [0.05, 0.1) is 12.2 Å². The van der Waals surface area contributed by atoms with Crippen molar-refractivity contribution in [2.45, 2.75) is 39.4 Å². The lowest BCUT2D eigenvalue weighted by Crippen LogP contribution is -2.40. The summed E-state index contributed by atoms with van der Waals surface area (Å²) >= 11 is 0. The summed E-state index contributed by atoms with van der Waals surface area (Å²) in [5.74, 6) is -0.109. The normalized spacial score (nSPS) is 13.1. The number of aliphatic hydroxyl groups is 1. The van der Waals surface area contributed by atoms with E-state index in [-0.39, 0.29) is 12.5 Å². The summed E-state index contributed by atoms with van der Waals surface area (Å²) in [6, 6.07) is 9.48. The minimum atomic E-state index is -0.636. The van der Waals surface area contributed by atoms with Crippen molar-refractivity contribution < 1.29 is 14.6 Å². The Morgan fingerprint density at radius 1 is 1.30 bits per heavy atom. The average molecular weight is 279 g/mol. The number of nitrogens with zero attached hydrogens (tertiary/aromatic N) is 1. The Kier molecular flexibility index (Phi) is 6.17. The van der Waals surface area contributed by atoms with E-state index in [1.165, 1.54) is 0 Å². The monoisotopic (exact) mass is 279 g/mol. The second-order valence-corrected chi connectivity index (χ2v) is 5.66. The zero-order chi connectivity index (χ0) is 15.2. The van der Waals surface area contributed by atoms with Gasteiger partial charge in [-0.15, -0.1) is 0 Å². The molecule has 0 aliphatic rings. The molecule has 4 heteroatoms. The number of carbonyl (C=O) groups is 1. The van der Waals surface area contributed by atoms with Gasteiger partial charge in [0.25, 0.3) is 5.91 Å². The van der Waals surface area contributed by atoms with Crippen LogP contribution in [-0.2, 0) is 9.53 Å². The maximum atomic E-state index is 12.6. The van der Waals surface area contributed by atoms with Crippen LogP contribution in [0, 0.1) is 0 Å². The van der Waals surface area contributed by atoms with Gasteiger partial charge in [0, 0.05) is 13.1 Å². The van der Waals surface area contributed by atoms with E-state index in [0.717, 1.165) is 5.56 Å². The molecule has 1 aromatic rings. The fourth-order valence-electron chi connectivity index (χ4n) is 1.95. The first-order valence-electron chi connectivity index (χ1n) is 7.01. The summed E-state index contributed by atoms with van der Waals surface area (Å²) in [5, 5.41) is 9.07. The van der Waals surface area contributed by atoms with Crippen LogP contribution in [0.1, 0.15) is 39.4 Å². The van der Waals surface area contributed by atoms with E-state index in [2.05, 4.69) is 0 Å². The maximum absolute atomic E-state index is 12.6. The molecule has 0 aliphatic heterocycles. The SMILES string of the molecule is CCN(CCO)C(=O)C(OC(C)(C)C)c1ccccc1. The van der Waals surface area contributed by atoms with Gasteiger partial charge < -0.3 is 14.7 Å². The Hall–Kier alpha value is -1.39. The van der Waals surface area contributed by atoms with E-state index >= 15 is 0 Å². The van der Waals surface area contributed by atoms with Crippen molar-refractivity contribution in [3.05, 3.63) is 35.9 Å². The summed E-state index contributed by atoms with van der Waals surface area (Å²) in [4.78, 5) is 14.2. The van der Waals surface area contributed by atoms with Crippen molar-refractivity contribution in [2.24, 2.45) is 0 Å². The minimum Gasteiger partial charge on any atom is -0.395 e. The highest BCUT2D eigenvalue weighted by Gasteiger charge is 2.29. The summed E-state index contributed by atoms with van der Waals surface area (Å²) in [6.45, 7) is 8.52. The first kappa shape index (κ1) is 16.7. The Morgan fingerprint density at radius 3 is 2.35 bits per heavy atom. The van der Waals surface area contributed by atoms with E-state index in [4.69, 9.17) is 9.84 Å². The van der Waals surface area contributed by atoms with Crippen molar-refractivity contribution in [1.29, 1.82) is 0 Å². The van der Waals surface area contributed by atoms with Gasteiger partial charge in [-0.25, -0.2) is 0 Å².